The second-order valence-electron chi connectivity index (χ2n) is 3.92. The van der Waals surface area contributed by atoms with Gasteiger partial charge in [-0.1, -0.05) is 26.0 Å². The molecule has 0 saturated carbocycles. The number of benzene rings is 1. The SMILES string of the molecule is CC(C)[C@@H]1CNc2ccccc2N1. The van der Waals surface area contributed by atoms with Gasteiger partial charge in [0.05, 0.1) is 11.4 Å². The van der Waals surface area contributed by atoms with Gasteiger partial charge in [-0.2, -0.15) is 0 Å². The molecule has 0 spiro atoms. The van der Waals surface area contributed by atoms with Crippen LogP contribution in [0.2, 0.25) is 0 Å². The van der Waals surface area contributed by atoms with Crippen LogP contribution in [0.1, 0.15) is 13.8 Å². The van der Waals surface area contributed by atoms with Gasteiger partial charge < -0.3 is 10.6 Å². The maximum Gasteiger partial charge on any atom is 0.0578 e. The van der Waals surface area contributed by atoms with Crippen LogP contribution in [0.4, 0.5) is 11.4 Å². The zero-order valence-electron chi connectivity index (χ0n) is 8.17. The van der Waals surface area contributed by atoms with E-state index in [1.807, 2.05) is 0 Å². The van der Waals surface area contributed by atoms with Crippen LogP contribution in [-0.2, 0) is 0 Å². The van der Waals surface area contributed by atoms with E-state index in [1.54, 1.807) is 0 Å². The highest BCUT2D eigenvalue weighted by molar-refractivity contribution is 5.71. The number of nitrogens with one attached hydrogen (secondary N) is 2. The number of rotatable bonds is 1. The van der Waals surface area contributed by atoms with Crippen molar-refractivity contribution in [2.24, 2.45) is 5.92 Å². The summed E-state index contributed by atoms with van der Waals surface area (Å²) in [4.78, 5) is 0. The van der Waals surface area contributed by atoms with Crippen LogP contribution in [0.25, 0.3) is 0 Å². The molecule has 1 atom stereocenters. The van der Waals surface area contributed by atoms with Gasteiger partial charge in [0.1, 0.15) is 0 Å². The monoisotopic (exact) mass is 176 g/mol. The predicted octanol–water partition coefficient (Wildman–Crippen LogP) is 2.55. The molecule has 1 aromatic rings. The largest absolute Gasteiger partial charge is 0.381 e. The van der Waals surface area contributed by atoms with Crippen molar-refractivity contribution in [3.8, 4) is 0 Å². The first-order valence-electron chi connectivity index (χ1n) is 4.87. The third-order valence-electron chi connectivity index (χ3n) is 2.59. The van der Waals surface area contributed by atoms with Crippen LogP contribution < -0.4 is 10.6 Å². The molecule has 0 aromatic heterocycles. The fourth-order valence-corrected chi connectivity index (χ4v) is 1.64. The third-order valence-corrected chi connectivity index (χ3v) is 2.59. The molecule has 2 nitrogen and oxygen atoms in total. The quantitative estimate of drug-likeness (QED) is 0.687. The van der Waals surface area contributed by atoms with Crippen LogP contribution in [0.3, 0.4) is 0 Å². The van der Waals surface area contributed by atoms with Crippen LogP contribution >= 0.6 is 0 Å². The summed E-state index contributed by atoms with van der Waals surface area (Å²) in [6, 6.07) is 8.91. The van der Waals surface area contributed by atoms with Gasteiger partial charge in [-0.15, -0.1) is 0 Å². The fourth-order valence-electron chi connectivity index (χ4n) is 1.64. The summed E-state index contributed by atoms with van der Waals surface area (Å²) >= 11 is 0. The highest BCUT2D eigenvalue weighted by Crippen LogP contribution is 2.26. The Balaban J connectivity index is 2.20. The minimum Gasteiger partial charge on any atom is -0.381 e. The van der Waals surface area contributed by atoms with Crippen molar-refractivity contribution in [3.05, 3.63) is 24.3 Å². The lowest BCUT2D eigenvalue weighted by atomic mass is 10.0. The van der Waals surface area contributed by atoms with Crippen molar-refractivity contribution >= 4 is 11.4 Å². The molecule has 0 aliphatic carbocycles. The standard InChI is InChI=1S/C11H16N2/c1-8(2)11-7-12-9-5-3-4-6-10(9)13-11/h3-6,8,11-13H,7H2,1-2H3/t11-/m0/s1. The van der Waals surface area contributed by atoms with Gasteiger partial charge >= 0.3 is 0 Å². The van der Waals surface area contributed by atoms with Gasteiger partial charge in [0.2, 0.25) is 0 Å². The Kier molecular flexibility index (Phi) is 2.13. The van der Waals surface area contributed by atoms with Crippen molar-refractivity contribution in [3.63, 3.8) is 0 Å². The molecule has 2 N–H and O–H groups in total. The molecule has 0 saturated heterocycles. The van der Waals surface area contributed by atoms with Crippen LogP contribution in [-0.4, -0.2) is 12.6 Å². The van der Waals surface area contributed by atoms with E-state index in [0.29, 0.717) is 12.0 Å². The summed E-state index contributed by atoms with van der Waals surface area (Å²) in [6.07, 6.45) is 0. The number of hydrogen-bond acceptors (Lipinski definition) is 2. The lowest BCUT2D eigenvalue weighted by Crippen LogP contribution is -2.36. The second kappa shape index (κ2) is 3.29. The third kappa shape index (κ3) is 1.62. The molecule has 0 amide bonds. The molecule has 0 fully saturated rings. The Hall–Kier alpha value is -1.18. The van der Waals surface area contributed by atoms with Gasteiger partial charge in [0.25, 0.3) is 0 Å². The van der Waals surface area contributed by atoms with Gasteiger partial charge in [0, 0.05) is 12.6 Å². The number of fused-ring (bicyclic) bond motifs is 1. The maximum absolute atomic E-state index is 3.53. The van der Waals surface area contributed by atoms with Crippen molar-refractivity contribution in [1.82, 2.24) is 0 Å². The van der Waals surface area contributed by atoms with Crippen LogP contribution in [0.5, 0.6) is 0 Å². The summed E-state index contributed by atoms with van der Waals surface area (Å²) in [7, 11) is 0. The maximum atomic E-state index is 3.53. The van der Waals surface area contributed by atoms with Crippen LogP contribution in [0.15, 0.2) is 24.3 Å². The first kappa shape index (κ1) is 8.42. The first-order chi connectivity index (χ1) is 6.27. The summed E-state index contributed by atoms with van der Waals surface area (Å²) in [5, 5.41) is 6.97. The molecule has 13 heavy (non-hydrogen) atoms. The van der Waals surface area contributed by atoms with Gasteiger partial charge in [-0.3, -0.25) is 0 Å². The Morgan fingerprint density at radius 1 is 1.23 bits per heavy atom. The fraction of sp³-hybridized carbons (Fsp3) is 0.455. The smallest absolute Gasteiger partial charge is 0.0578 e. The topological polar surface area (TPSA) is 24.1 Å². The van der Waals surface area contributed by atoms with E-state index < -0.39 is 0 Å². The molecule has 1 aliphatic rings. The van der Waals surface area contributed by atoms with Crippen molar-refractivity contribution in [1.29, 1.82) is 0 Å². The van der Waals surface area contributed by atoms with E-state index in [9.17, 15) is 0 Å². The molecule has 0 radical (unpaired) electrons. The average Bonchev–Trinajstić information content (AvgIpc) is 2.17. The molecule has 2 rings (SSSR count). The van der Waals surface area contributed by atoms with E-state index in [1.165, 1.54) is 11.4 Å². The molecular weight excluding hydrogens is 160 g/mol. The lowest BCUT2D eigenvalue weighted by molar-refractivity contribution is 0.536. The van der Waals surface area contributed by atoms with E-state index in [-0.39, 0.29) is 0 Å². The molecule has 0 unspecified atom stereocenters. The second-order valence-corrected chi connectivity index (χ2v) is 3.92. The van der Waals surface area contributed by atoms with E-state index in [2.05, 4.69) is 48.7 Å². The minimum absolute atomic E-state index is 0.551. The van der Waals surface area contributed by atoms with E-state index in [0.717, 1.165) is 6.54 Å². The lowest BCUT2D eigenvalue weighted by Gasteiger charge is -2.30. The number of para-hydroxylation sites is 2. The normalized spacial score (nSPS) is 20.4. The Morgan fingerprint density at radius 2 is 1.92 bits per heavy atom. The summed E-state index contributed by atoms with van der Waals surface area (Å²) in [5.41, 5.74) is 2.45. The highest BCUT2D eigenvalue weighted by Gasteiger charge is 2.18. The summed E-state index contributed by atoms with van der Waals surface area (Å²) < 4.78 is 0. The average molecular weight is 176 g/mol. The number of hydrogen-bond donors (Lipinski definition) is 2. The molecule has 1 heterocycles. The Bertz CT molecular complexity index is 294. The zero-order chi connectivity index (χ0) is 9.26. The Morgan fingerprint density at radius 3 is 2.62 bits per heavy atom. The minimum atomic E-state index is 0.551. The molecule has 0 bridgehead atoms. The highest BCUT2D eigenvalue weighted by atomic mass is 15.1. The first-order valence-corrected chi connectivity index (χ1v) is 4.87. The molecule has 1 aromatic carbocycles. The summed E-state index contributed by atoms with van der Waals surface area (Å²) in [6.45, 7) is 5.51. The molecule has 2 heteroatoms. The van der Waals surface area contributed by atoms with Gasteiger partial charge in [-0.05, 0) is 18.1 Å². The van der Waals surface area contributed by atoms with E-state index >= 15 is 0 Å². The van der Waals surface area contributed by atoms with Gasteiger partial charge in [0.15, 0.2) is 0 Å². The molecular formula is C11H16N2. The van der Waals surface area contributed by atoms with Crippen LogP contribution in [0, 0.1) is 5.92 Å². The Labute approximate surface area is 79.4 Å². The zero-order valence-corrected chi connectivity index (χ0v) is 8.17. The van der Waals surface area contributed by atoms with Crippen molar-refractivity contribution in [2.45, 2.75) is 19.9 Å². The molecule has 1 aliphatic heterocycles. The summed E-state index contributed by atoms with van der Waals surface area (Å²) in [5.74, 6) is 0.667. The van der Waals surface area contributed by atoms with Crippen molar-refractivity contribution in [2.75, 3.05) is 17.2 Å². The molecule has 70 valence electrons. The number of anilines is 2. The van der Waals surface area contributed by atoms with Crippen molar-refractivity contribution < 1.29 is 0 Å². The van der Waals surface area contributed by atoms with E-state index in [4.69, 9.17) is 0 Å². The predicted molar refractivity (Wildman–Crippen MR) is 57.2 cm³/mol. The van der Waals surface area contributed by atoms with Gasteiger partial charge in [-0.25, -0.2) is 0 Å².